The summed E-state index contributed by atoms with van der Waals surface area (Å²) in [6, 6.07) is 7.19. The van der Waals surface area contributed by atoms with E-state index < -0.39 is 16.1 Å². The van der Waals surface area contributed by atoms with Gasteiger partial charge in [-0.25, -0.2) is 17.9 Å². The van der Waals surface area contributed by atoms with E-state index in [4.69, 9.17) is 0 Å². The highest BCUT2D eigenvalue weighted by Gasteiger charge is 2.32. The van der Waals surface area contributed by atoms with Crippen LogP contribution in [0.4, 0.5) is 4.79 Å². The number of urea groups is 1. The smallest absolute Gasteiger partial charge is 0.313 e. The molecule has 1 aromatic rings. The van der Waals surface area contributed by atoms with Crippen molar-refractivity contribution in [3.05, 3.63) is 35.4 Å². The minimum Gasteiger partial charge on any atom is -0.313 e. The molecule has 0 saturated heterocycles. The molecule has 1 aliphatic rings. The summed E-state index contributed by atoms with van der Waals surface area (Å²) >= 11 is 0. The zero-order valence-corrected chi connectivity index (χ0v) is 17.8. The Labute approximate surface area is 164 Å². The maximum absolute atomic E-state index is 11.9. The van der Waals surface area contributed by atoms with E-state index >= 15 is 0 Å². The zero-order valence-electron chi connectivity index (χ0n) is 17.0. The molecule has 5 nitrogen and oxygen atoms in total. The number of sulfonamides is 1. The molecule has 2 rings (SSSR count). The minimum absolute atomic E-state index is 0. The van der Waals surface area contributed by atoms with Gasteiger partial charge in [0.15, 0.2) is 0 Å². The van der Waals surface area contributed by atoms with Crippen molar-refractivity contribution in [2.24, 2.45) is 0 Å². The highest BCUT2D eigenvalue weighted by atomic mass is 32.2. The van der Waals surface area contributed by atoms with Gasteiger partial charge in [-0.2, -0.15) is 0 Å². The van der Waals surface area contributed by atoms with Crippen molar-refractivity contribution >= 4 is 24.5 Å². The third-order valence-corrected chi connectivity index (χ3v) is 3.60. The molecule has 2 amide bonds. The van der Waals surface area contributed by atoms with Crippen LogP contribution in [0.5, 0.6) is 0 Å². The van der Waals surface area contributed by atoms with E-state index in [0.717, 1.165) is 23.8 Å². The number of nitrogens with one attached hydrogen (secondary N) is 1. The second kappa shape index (κ2) is 16.9. The van der Waals surface area contributed by atoms with Crippen LogP contribution in [0.15, 0.2) is 24.3 Å². The van der Waals surface area contributed by atoms with Gasteiger partial charge in [-0.1, -0.05) is 80.2 Å². The topological polar surface area (TPSA) is 66.5 Å². The van der Waals surface area contributed by atoms with Crippen LogP contribution in [-0.4, -0.2) is 34.0 Å². The molecular weight excluding hydrogens is 347 g/mol. The average Bonchev–Trinajstić information content (AvgIpc) is 2.97. The lowest BCUT2D eigenvalue weighted by Crippen LogP contribution is -2.41. The largest absolute Gasteiger partial charge is 0.331 e. The van der Waals surface area contributed by atoms with Gasteiger partial charge in [0, 0.05) is 15.0 Å². The number of nitrogens with zero attached hydrogens (tertiary/aromatic N) is 1. The SMILES string of the molecule is C.CC.CC.CC.CCC1c2ccccc2CN1C(=O)NS(C)(=O)=O.[B]. The Kier molecular flexibility index (Phi) is 21.0. The first kappa shape index (κ1) is 32.2. The van der Waals surface area contributed by atoms with Crippen LogP contribution < -0.4 is 4.72 Å². The van der Waals surface area contributed by atoms with Crippen LogP contribution in [0.1, 0.15) is 79.5 Å². The molecule has 0 aliphatic carbocycles. The van der Waals surface area contributed by atoms with Crippen LogP contribution in [0, 0.1) is 0 Å². The lowest BCUT2D eigenvalue weighted by molar-refractivity contribution is 0.184. The molecule has 1 atom stereocenters. The Morgan fingerprint density at radius 1 is 1.12 bits per heavy atom. The molecule has 0 fully saturated rings. The summed E-state index contributed by atoms with van der Waals surface area (Å²) in [6.45, 7) is 14.4. The number of carbonyl (C=O) groups excluding carboxylic acids is 1. The first-order chi connectivity index (χ1) is 11.4. The first-order valence-electron chi connectivity index (χ1n) is 8.78. The number of hydrogen-bond donors (Lipinski definition) is 1. The summed E-state index contributed by atoms with van der Waals surface area (Å²) in [5.74, 6) is 0. The Balaban J connectivity index is -0.000000275. The highest BCUT2D eigenvalue weighted by Crippen LogP contribution is 2.35. The van der Waals surface area contributed by atoms with E-state index in [1.165, 1.54) is 0 Å². The normalized spacial score (nSPS) is 13.5. The van der Waals surface area contributed by atoms with Gasteiger partial charge >= 0.3 is 6.03 Å². The quantitative estimate of drug-likeness (QED) is 0.732. The van der Waals surface area contributed by atoms with E-state index in [9.17, 15) is 13.2 Å². The van der Waals surface area contributed by atoms with Crippen molar-refractivity contribution in [1.82, 2.24) is 9.62 Å². The molecular formula is C19H38BN2O3S. The predicted molar refractivity (Wildman–Crippen MR) is 115 cm³/mol. The van der Waals surface area contributed by atoms with Crippen molar-refractivity contribution in [1.29, 1.82) is 0 Å². The van der Waals surface area contributed by atoms with Crippen molar-refractivity contribution in [2.75, 3.05) is 6.26 Å². The lowest BCUT2D eigenvalue weighted by atomic mass is 10.0. The molecule has 1 heterocycles. The Hall–Kier alpha value is -1.50. The van der Waals surface area contributed by atoms with Crippen LogP contribution in [0.25, 0.3) is 0 Å². The number of amides is 2. The van der Waals surface area contributed by atoms with Gasteiger partial charge in [0.1, 0.15) is 0 Å². The third kappa shape index (κ3) is 9.85. The molecule has 1 aromatic carbocycles. The van der Waals surface area contributed by atoms with E-state index in [2.05, 4.69) is 0 Å². The van der Waals surface area contributed by atoms with Crippen LogP contribution in [0.3, 0.4) is 0 Å². The third-order valence-electron chi connectivity index (χ3n) is 3.05. The summed E-state index contributed by atoms with van der Waals surface area (Å²) in [7, 11) is -3.52. The van der Waals surface area contributed by atoms with Crippen molar-refractivity contribution in [3.63, 3.8) is 0 Å². The van der Waals surface area contributed by atoms with Gasteiger partial charge in [0.05, 0.1) is 12.3 Å². The van der Waals surface area contributed by atoms with E-state index in [1.807, 2.05) is 77.5 Å². The summed E-state index contributed by atoms with van der Waals surface area (Å²) in [5.41, 5.74) is 2.18. The average molecular weight is 385 g/mol. The van der Waals surface area contributed by atoms with Crippen LogP contribution >= 0.6 is 0 Å². The number of hydrogen-bond acceptors (Lipinski definition) is 3. The Morgan fingerprint density at radius 2 is 1.58 bits per heavy atom. The fraction of sp³-hybridized carbons (Fsp3) is 0.632. The minimum atomic E-state index is -3.52. The number of fused-ring (bicyclic) bond motifs is 1. The molecule has 0 aromatic heterocycles. The summed E-state index contributed by atoms with van der Waals surface area (Å²) in [6.07, 6.45) is 1.74. The fourth-order valence-corrected chi connectivity index (χ4v) is 2.77. The van der Waals surface area contributed by atoms with E-state index in [0.29, 0.717) is 6.54 Å². The lowest BCUT2D eigenvalue weighted by Gasteiger charge is -2.23. The maximum atomic E-state index is 11.9. The second-order valence-electron chi connectivity index (χ2n) is 4.43. The monoisotopic (exact) mass is 385 g/mol. The standard InChI is InChI=1S/C12H16N2O3S.3C2H6.CH4.B/c1-3-11-10-7-5-4-6-9(10)8-14(11)12(15)13-18(2,16)17;3*1-2;;/h4-7,11H,3,8H2,1-2H3,(H,13,15);3*1-2H3;1H4;. The number of carbonyl (C=O) groups is 1. The van der Waals surface area contributed by atoms with Crippen molar-refractivity contribution in [3.8, 4) is 0 Å². The van der Waals surface area contributed by atoms with Crippen molar-refractivity contribution in [2.45, 2.75) is 74.9 Å². The van der Waals surface area contributed by atoms with Gasteiger partial charge in [-0.3, -0.25) is 0 Å². The molecule has 26 heavy (non-hydrogen) atoms. The molecule has 151 valence electrons. The second-order valence-corrected chi connectivity index (χ2v) is 6.18. The molecule has 7 heteroatoms. The van der Waals surface area contributed by atoms with Gasteiger partial charge in [-0.05, 0) is 17.5 Å². The highest BCUT2D eigenvalue weighted by molar-refractivity contribution is 7.89. The van der Waals surface area contributed by atoms with Crippen LogP contribution in [-0.2, 0) is 16.6 Å². The fourth-order valence-electron chi connectivity index (χ4n) is 2.34. The van der Waals surface area contributed by atoms with E-state index in [1.54, 1.807) is 4.90 Å². The summed E-state index contributed by atoms with van der Waals surface area (Å²) in [4.78, 5) is 13.5. The van der Waals surface area contributed by atoms with Crippen molar-refractivity contribution < 1.29 is 13.2 Å². The molecule has 3 radical (unpaired) electrons. The van der Waals surface area contributed by atoms with Crippen LogP contribution in [0.2, 0.25) is 0 Å². The number of benzene rings is 1. The van der Waals surface area contributed by atoms with Gasteiger partial charge in [0.25, 0.3) is 0 Å². The summed E-state index contributed by atoms with van der Waals surface area (Å²) in [5, 5.41) is 0. The molecule has 0 saturated carbocycles. The van der Waals surface area contributed by atoms with Gasteiger partial charge < -0.3 is 4.90 Å². The molecule has 1 N–H and O–H groups in total. The maximum Gasteiger partial charge on any atom is 0.331 e. The molecule has 0 spiro atoms. The van der Waals surface area contributed by atoms with Gasteiger partial charge in [-0.15, -0.1) is 0 Å². The van der Waals surface area contributed by atoms with E-state index in [-0.39, 0.29) is 21.9 Å². The first-order valence-corrected chi connectivity index (χ1v) is 10.7. The Bertz CT molecular complexity index is 578. The molecule has 1 aliphatic heterocycles. The number of rotatable bonds is 2. The van der Waals surface area contributed by atoms with Gasteiger partial charge in [0.2, 0.25) is 10.0 Å². The summed E-state index contributed by atoms with van der Waals surface area (Å²) < 4.78 is 24.2. The molecule has 0 bridgehead atoms. The molecule has 1 unspecified atom stereocenters. The Morgan fingerprint density at radius 3 is 2.00 bits per heavy atom. The zero-order chi connectivity index (χ0) is 19.3. The predicted octanol–water partition coefficient (Wildman–Crippen LogP) is 4.96.